The van der Waals surface area contributed by atoms with E-state index in [0.717, 1.165) is 11.7 Å². The zero-order chi connectivity index (χ0) is 8.48. The summed E-state index contributed by atoms with van der Waals surface area (Å²) in [6.45, 7) is 6.45. The van der Waals surface area contributed by atoms with Gasteiger partial charge in [0.1, 0.15) is 8.07 Å². The van der Waals surface area contributed by atoms with Gasteiger partial charge in [-0.1, -0.05) is 19.6 Å². The minimum atomic E-state index is -1.44. The van der Waals surface area contributed by atoms with Crippen LogP contribution in [-0.4, -0.2) is 14.4 Å². The fourth-order valence-electron chi connectivity index (χ4n) is 1.02. The molecule has 1 aromatic heterocycles. The summed E-state index contributed by atoms with van der Waals surface area (Å²) >= 11 is 0. The standard InChI is InChI=1S/C8H12O2Si/c1-11(2,3)8-7(6-9)4-5-10-8/h4-6H,1-3H3. The molecule has 0 unspecified atom stereocenters. The first-order chi connectivity index (χ1) is 5.05. The van der Waals surface area contributed by atoms with Gasteiger partial charge in [-0.15, -0.1) is 0 Å². The van der Waals surface area contributed by atoms with Crippen molar-refractivity contribution in [2.45, 2.75) is 19.6 Å². The normalized spacial score (nSPS) is 11.5. The van der Waals surface area contributed by atoms with Crippen LogP contribution in [0.25, 0.3) is 0 Å². The maximum Gasteiger partial charge on any atom is 0.153 e. The number of hydrogen-bond donors (Lipinski definition) is 0. The number of hydrogen-bond acceptors (Lipinski definition) is 2. The summed E-state index contributed by atoms with van der Waals surface area (Å²) in [6, 6.07) is 1.72. The van der Waals surface area contributed by atoms with E-state index < -0.39 is 8.07 Å². The molecule has 0 saturated heterocycles. The summed E-state index contributed by atoms with van der Waals surface area (Å²) in [5.74, 6) is 0. The molecule has 0 amide bonds. The van der Waals surface area contributed by atoms with Gasteiger partial charge in [0.05, 0.1) is 17.2 Å². The largest absolute Gasteiger partial charge is 0.474 e. The highest BCUT2D eigenvalue weighted by Crippen LogP contribution is 2.05. The Hall–Kier alpha value is -0.833. The molecule has 1 heterocycles. The van der Waals surface area contributed by atoms with Crippen molar-refractivity contribution >= 4 is 19.7 Å². The average molecular weight is 168 g/mol. The molecule has 0 aliphatic rings. The topological polar surface area (TPSA) is 30.2 Å². The van der Waals surface area contributed by atoms with Crippen LogP contribution in [-0.2, 0) is 0 Å². The van der Waals surface area contributed by atoms with Crippen LogP contribution in [0.15, 0.2) is 16.7 Å². The molecule has 0 spiro atoms. The van der Waals surface area contributed by atoms with Crippen LogP contribution >= 0.6 is 0 Å². The van der Waals surface area contributed by atoms with Crippen molar-refractivity contribution in [2.75, 3.05) is 0 Å². The van der Waals surface area contributed by atoms with Crippen molar-refractivity contribution in [3.05, 3.63) is 17.9 Å². The average Bonchev–Trinajstić information content (AvgIpc) is 2.31. The third kappa shape index (κ3) is 1.60. The van der Waals surface area contributed by atoms with Crippen LogP contribution in [0.5, 0.6) is 0 Å². The Labute approximate surface area is 67.2 Å². The molecule has 0 bridgehead atoms. The van der Waals surface area contributed by atoms with Crippen LogP contribution in [0.2, 0.25) is 19.6 Å². The molecule has 0 fully saturated rings. The van der Waals surface area contributed by atoms with Crippen molar-refractivity contribution in [3.8, 4) is 0 Å². The number of furan rings is 1. The van der Waals surface area contributed by atoms with Gasteiger partial charge in [-0.25, -0.2) is 0 Å². The molecule has 1 rings (SSSR count). The van der Waals surface area contributed by atoms with Crippen molar-refractivity contribution in [1.29, 1.82) is 0 Å². The second-order valence-corrected chi connectivity index (χ2v) is 8.53. The van der Waals surface area contributed by atoms with Gasteiger partial charge in [-0.3, -0.25) is 4.79 Å². The Bertz CT molecular complexity index is 257. The molecule has 0 N–H and O–H groups in total. The van der Waals surface area contributed by atoms with Crippen molar-refractivity contribution in [2.24, 2.45) is 0 Å². The van der Waals surface area contributed by atoms with Gasteiger partial charge in [0, 0.05) is 0 Å². The molecular formula is C8H12O2Si. The molecule has 0 aromatic carbocycles. The molecule has 0 aliphatic heterocycles. The zero-order valence-electron chi connectivity index (χ0n) is 7.05. The highest BCUT2D eigenvalue weighted by Gasteiger charge is 2.23. The van der Waals surface area contributed by atoms with Gasteiger partial charge < -0.3 is 4.42 Å². The second kappa shape index (κ2) is 2.66. The van der Waals surface area contributed by atoms with Gasteiger partial charge in [-0.05, 0) is 6.07 Å². The Morgan fingerprint density at radius 2 is 2.09 bits per heavy atom. The molecular weight excluding hydrogens is 156 g/mol. The lowest BCUT2D eigenvalue weighted by Gasteiger charge is -2.12. The molecule has 0 aliphatic carbocycles. The van der Waals surface area contributed by atoms with Crippen LogP contribution in [0, 0.1) is 0 Å². The minimum absolute atomic E-state index is 0.712. The van der Waals surface area contributed by atoms with Crippen molar-refractivity contribution < 1.29 is 9.21 Å². The minimum Gasteiger partial charge on any atom is -0.474 e. The van der Waals surface area contributed by atoms with Gasteiger partial charge >= 0.3 is 0 Å². The van der Waals surface area contributed by atoms with E-state index in [4.69, 9.17) is 4.42 Å². The third-order valence-electron chi connectivity index (χ3n) is 1.50. The Balaban J connectivity index is 3.12. The van der Waals surface area contributed by atoms with Crippen LogP contribution in [0.1, 0.15) is 10.4 Å². The summed E-state index contributed by atoms with van der Waals surface area (Å²) < 4.78 is 5.25. The molecule has 0 atom stereocenters. The lowest BCUT2D eigenvalue weighted by Crippen LogP contribution is -2.38. The van der Waals surface area contributed by atoms with Gasteiger partial charge in [-0.2, -0.15) is 0 Å². The first kappa shape index (κ1) is 8.27. The van der Waals surface area contributed by atoms with E-state index in [1.165, 1.54) is 0 Å². The third-order valence-corrected chi connectivity index (χ3v) is 3.27. The monoisotopic (exact) mass is 168 g/mol. The van der Waals surface area contributed by atoms with Gasteiger partial charge in [0.25, 0.3) is 0 Å². The molecule has 1 aromatic rings. The van der Waals surface area contributed by atoms with E-state index in [9.17, 15) is 4.79 Å². The summed E-state index contributed by atoms with van der Waals surface area (Å²) in [6.07, 6.45) is 2.44. The summed E-state index contributed by atoms with van der Waals surface area (Å²) in [4.78, 5) is 10.5. The molecule has 2 nitrogen and oxygen atoms in total. The Kier molecular flexibility index (Phi) is 2.00. The lowest BCUT2D eigenvalue weighted by molar-refractivity contribution is 0.112. The summed E-state index contributed by atoms with van der Waals surface area (Å²) in [5.41, 5.74) is 0.712. The highest BCUT2D eigenvalue weighted by molar-refractivity contribution is 6.88. The van der Waals surface area contributed by atoms with Gasteiger partial charge in [0.2, 0.25) is 0 Å². The predicted octanol–water partition coefficient (Wildman–Crippen LogP) is 1.64. The van der Waals surface area contributed by atoms with Gasteiger partial charge in [0.15, 0.2) is 6.29 Å². The van der Waals surface area contributed by atoms with E-state index in [1.807, 2.05) is 0 Å². The predicted molar refractivity (Wildman–Crippen MR) is 47.1 cm³/mol. The first-order valence-electron chi connectivity index (χ1n) is 3.59. The lowest BCUT2D eigenvalue weighted by atomic mass is 10.4. The van der Waals surface area contributed by atoms with Crippen LogP contribution < -0.4 is 5.38 Å². The quantitative estimate of drug-likeness (QED) is 0.496. The number of aldehydes is 1. The van der Waals surface area contributed by atoms with Crippen LogP contribution in [0.3, 0.4) is 0 Å². The fraction of sp³-hybridized carbons (Fsp3) is 0.375. The zero-order valence-corrected chi connectivity index (χ0v) is 8.05. The SMILES string of the molecule is C[Si](C)(C)c1occc1C=O. The Morgan fingerprint density at radius 1 is 1.45 bits per heavy atom. The highest BCUT2D eigenvalue weighted by atomic mass is 28.3. The van der Waals surface area contributed by atoms with E-state index in [1.54, 1.807) is 12.3 Å². The van der Waals surface area contributed by atoms with E-state index in [-0.39, 0.29) is 0 Å². The Morgan fingerprint density at radius 3 is 2.45 bits per heavy atom. The summed E-state index contributed by atoms with van der Waals surface area (Å²) in [7, 11) is -1.44. The van der Waals surface area contributed by atoms with E-state index in [2.05, 4.69) is 19.6 Å². The van der Waals surface area contributed by atoms with Crippen molar-refractivity contribution in [3.63, 3.8) is 0 Å². The summed E-state index contributed by atoms with van der Waals surface area (Å²) in [5, 5.41) is 0.896. The second-order valence-electron chi connectivity index (χ2n) is 3.57. The van der Waals surface area contributed by atoms with Crippen molar-refractivity contribution in [1.82, 2.24) is 0 Å². The maximum absolute atomic E-state index is 10.5. The number of carbonyl (C=O) groups is 1. The molecule has 0 saturated carbocycles. The van der Waals surface area contributed by atoms with E-state index >= 15 is 0 Å². The maximum atomic E-state index is 10.5. The molecule has 0 radical (unpaired) electrons. The molecule has 60 valence electrons. The van der Waals surface area contributed by atoms with Crippen LogP contribution in [0.4, 0.5) is 0 Å². The molecule has 3 heteroatoms. The number of carbonyl (C=O) groups excluding carboxylic acids is 1. The fourth-order valence-corrected chi connectivity index (χ4v) is 2.45. The van der Waals surface area contributed by atoms with E-state index in [0.29, 0.717) is 5.56 Å². The number of rotatable bonds is 2. The first-order valence-corrected chi connectivity index (χ1v) is 7.09. The smallest absolute Gasteiger partial charge is 0.153 e. The molecule has 11 heavy (non-hydrogen) atoms.